The monoisotopic (exact) mass is 330 g/mol. The summed E-state index contributed by atoms with van der Waals surface area (Å²) in [7, 11) is 0. The molecule has 0 radical (unpaired) electrons. The fourth-order valence-electron chi connectivity index (χ4n) is 1.74. The Morgan fingerprint density at radius 3 is 2.65 bits per heavy atom. The van der Waals surface area contributed by atoms with E-state index in [9.17, 15) is 4.79 Å². The highest BCUT2D eigenvalue weighted by molar-refractivity contribution is 6.33. The maximum absolute atomic E-state index is 12.1. The molecule has 0 aliphatic carbocycles. The largest absolute Gasteiger partial charge is 0.492 e. The quantitative estimate of drug-likeness (QED) is 0.454. The standard InChI is InChI=1S/C17H15ClN2O3/c1-2-3-8-22-14-9-15(18)16(20-11-14)17(21)23-13-6-4-12(10-19)5-7-13/h4-7,9,11H,2-3,8H2,1H3. The van der Waals surface area contributed by atoms with Crippen LogP contribution in [-0.4, -0.2) is 17.6 Å². The van der Waals surface area contributed by atoms with E-state index in [1.807, 2.05) is 6.07 Å². The Morgan fingerprint density at radius 2 is 2.04 bits per heavy atom. The molecule has 23 heavy (non-hydrogen) atoms. The Morgan fingerprint density at radius 1 is 1.30 bits per heavy atom. The summed E-state index contributed by atoms with van der Waals surface area (Å²) in [5, 5.41) is 8.90. The molecule has 0 fully saturated rings. The Hall–Kier alpha value is -2.58. The molecule has 0 saturated carbocycles. The number of nitrogens with zero attached hydrogens (tertiary/aromatic N) is 2. The number of carbonyl (C=O) groups excluding carboxylic acids is 1. The summed E-state index contributed by atoms with van der Waals surface area (Å²) in [6.45, 7) is 2.64. The first-order chi connectivity index (χ1) is 11.1. The molecule has 0 N–H and O–H groups in total. The molecular formula is C17H15ClN2O3. The highest BCUT2D eigenvalue weighted by Gasteiger charge is 2.16. The lowest BCUT2D eigenvalue weighted by Crippen LogP contribution is -2.11. The van der Waals surface area contributed by atoms with E-state index < -0.39 is 5.97 Å². The highest BCUT2D eigenvalue weighted by Crippen LogP contribution is 2.22. The normalized spacial score (nSPS) is 9.96. The number of esters is 1. The van der Waals surface area contributed by atoms with Crippen molar-refractivity contribution in [1.82, 2.24) is 4.98 Å². The van der Waals surface area contributed by atoms with Crippen LogP contribution in [0.15, 0.2) is 36.5 Å². The van der Waals surface area contributed by atoms with Crippen molar-refractivity contribution >= 4 is 17.6 Å². The fourth-order valence-corrected chi connectivity index (χ4v) is 1.97. The molecule has 0 amide bonds. The van der Waals surface area contributed by atoms with Crippen molar-refractivity contribution < 1.29 is 14.3 Å². The van der Waals surface area contributed by atoms with Gasteiger partial charge in [0.05, 0.1) is 29.5 Å². The molecule has 6 heteroatoms. The summed E-state index contributed by atoms with van der Waals surface area (Å²) >= 11 is 6.06. The summed E-state index contributed by atoms with van der Waals surface area (Å²) in [6.07, 6.45) is 3.40. The van der Waals surface area contributed by atoms with E-state index in [0.717, 1.165) is 12.8 Å². The first-order valence-electron chi connectivity index (χ1n) is 7.14. The number of pyridine rings is 1. The van der Waals surface area contributed by atoms with Gasteiger partial charge in [-0.2, -0.15) is 5.26 Å². The number of aromatic nitrogens is 1. The number of rotatable bonds is 6. The van der Waals surface area contributed by atoms with Gasteiger partial charge in [0, 0.05) is 6.07 Å². The summed E-state index contributed by atoms with van der Waals surface area (Å²) in [4.78, 5) is 16.1. The third-order valence-electron chi connectivity index (χ3n) is 2.97. The molecular weight excluding hydrogens is 316 g/mol. The van der Waals surface area contributed by atoms with Gasteiger partial charge in [0.1, 0.15) is 11.5 Å². The number of carbonyl (C=O) groups is 1. The van der Waals surface area contributed by atoms with Crippen LogP contribution < -0.4 is 9.47 Å². The average Bonchev–Trinajstić information content (AvgIpc) is 2.56. The van der Waals surface area contributed by atoms with Crippen molar-refractivity contribution in [3.63, 3.8) is 0 Å². The number of halogens is 1. The minimum Gasteiger partial charge on any atom is -0.492 e. The molecule has 2 rings (SSSR count). The molecule has 0 atom stereocenters. The Bertz CT molecular complexity index is 724. The van der Waals surface area contributed by atoms with E-state index in [2.05, 4.69) is 11.9 Å². The second kappa shape index (κ2) is 8.16. The van der Waals surface area contributed by atoms with E-state index in [1.54, 1.807) is 18.2 Å². The minimum atomic E-state index is -0.667. The van der Waals surface area contributed by atoms with E-state index >= 15 is 0 Å². The zero-order valence-electron chi connectivity index (χ0n) is 12.6. The van der Waals surface area contributed by atoms with Crippen molar-refractivity contribution in [1.29, 1.82) is 5.26 Å². The molecule has 118 valence electrons. The van der Waals surface area contributed by atoms with Gasteiger partial charge in [-0.15, -0.1) is 0 Å². The number of nitriles is 1. The van der Waals surface area contributed by atoms with Crippen molar-refractivity contribution in [3.05, 3.63) is 52.8 Å². The maximum atomic E-state index is 12.1. The van der Waals surface area contributed by atoms with E-state index in [-0.39, 0.29) is 10.7 Å². The maximum Gasteiger partial charge on any atom is 0.363 e. The molecule has 5 nitrogen and oxygen atoms in total. The van der Waals surface area contributed by atoms with Gasteiger partial charge in [-0.05, 0) is 30.7 Å². The molecule has 0 bridgehead atoms. The van der Waals surface area contributed by atoms with Crippen molar-refractivity contribution in [3.8, 4) is 17.6 Å². The molecule has 0 spiro atoms. The molecule has 1 aromatic heterocycles. The molecule has 0 unspecified atom stereocenters. The second-order valence-electron chi connectivity index (χ2n) is 4.73. The van der Waals surface area contributed by atoms with Crippen LogP contribution in [0.2, 0.25) is 5.02 Å². The SMILES string of the molecule is CCCCOc1cnc(C(=O)Oc2ccc(C#N)cc2)c(Cl)c1. The van der Waals surface area contributed by atoms with Crippen molar-refractivity contribution in [2.75, 3.05) is 6.61 Å². The fraction of sp³-hybridized carbons (Fsp3) is 0.235. The Kier molecular flexibility index (Phi) is 5.95. The van der Waals surface area contributed by atoms with Crippen LogP contribution in [0.4, 0.5) is 0 Å². The number of hydrogen-bond acceptors (Lipinski definition) is 5. The summed E-state index contributed by atoms with van der Waals surface area (Å²) in [5.74, 6) is 0.160. The van der Waals surface area contributed by atoms with Gasteiger partial charge in [0.25, 0.3) is 0 Å². The van der Waals surface area contributed by atoms with E-state index in [0.29, 0.717) is 23.7 Å². The lowest BCUT2D eigenvalue weighted by Gasteiger charge is -2.08. The lowest BCUT2D eigenvalue weighted by atomic mass is 10.2. The second-order valence-corrected chi connectivity index (χ2v) is 5.14. The van der Waals surface area contributed by atoms with Crippen LogP contribution in [0.5, 0.6) is 11.5 Å². The van der Waals surface area contributed by atoms with Crippen molar-refractivity contribution in [2.45, 2.75) is 19.8 Å². The van der Waals surface area contributed by atoms with E-state index in [4.69, 9.17) is 26.3 Å². The molecule has 1 aromatic carbocycles. The topological polar surface area (TPSA) is 72.2 Å². The van der Waals surface area contributed by atoms with Crippen LogP contribution in [0.3, 0.4) is 0 Å². The average molecular weight is 331 g/mol. The number of unbranched alkanes of at least 4 members (excludes halogenated alkanes) is 1. The predicted octanol–water partition coefficient (Wildman–Crippen LogP) is 4.00. The van der Waals surface area contributed by atoms with Crippen molar-refractivity contribution in [2.24, 2.45) is 0 Å². The summed E-state index contributed by atoms with van der Waals surface area (Å²) in [6, 6.07) is 9.71. The summed E-state index contributed by atoms with van der Waals surface area (Å²) < 4.78 is 10.7. The van der Waals surface area contributed by atoms with E-state index in [1.165, 1.54) is 18.3 Å². The molecule has 0 saturated heterocycles. The van der Waals surface area contributed by atoms with Gasteiger partial charge in [-0.1, -0.05) is 24.9 Å². The zero-order valence-corrected chi connectivity index (χ0v) is 13.3. The smallest absolute Gasteiger partial charge is 0.363 e. The third-order valence-corrected chi connectivity index (χ3v) is 3.26. The zero-order chi connectivity index (χ0) is 16.7. The number of ether oxygens (including phenoxy) is 2. The molecule has 0 aliphatic rings. The van der Waals surface area contributed by atoms with Crippen LogP contribution in [0.25, 0.3) is 0 Å². The van der Waals surface area contributed by atoms with Gasteiger partial charge >= 0.3 is 5.97 Å². The van der Waals surface area contributed by atoms with Crippen LogP contribution in [0, 0.1) is 11.3 Å². The first kappa shape index (κ1) is 16.8. The van der Waals surface area contributed by atoms with Crippen LogP contribution in [0.1, 0.15) is 35.8 Å². The minimum absolute atomic E-state index is 0.0128. The summed E-state index contributed by atoms with van der Waals surface area (Å²) in [5.41, 5.74) is 0.494. The lowest BCUT2D eigenvalue weighted by molar-refractivity contribution is 0.0728. The molecule has 2 aromatic rings. The third kappa shape index (κ3) is 4.70. The number of hydrogen-bond donors (Lipinski definition) is 0. The van der Waals surface area contributed by atoms with Gasteiger partial charge in [-0.25, -0.2) is 9.78 Å². The Balaban J connectivity index is 2.05. The van der Waals surface area contributed by atoms with Gasteiger partial charge in [-0.3, -0.25) is 0 Å². The van der Waals surface area contributed by atoms with Crippen LogP contribution >= 0.6 is 11.6 Å². The van der Waals surface area contributed by atoms with Gasteiger partial charge in [0.15, 0.2) is 5.69 Å². The number of benzene rings is 1. The van der Waals surface area contributed by atoms with Gasteiger partial charge < -0.3 is 9.47 Å². The van der Waals surface area contributed by atoms with Crippen LogP contribution in [-0.2, 0) is 0 Å². The highest BCUT2D eigenvalue weighted by atomic mass is 35.5. The molecule has 0 aliphatic heterocycles. The Labute approximate surface area is 139 Å². The molecule has 1 heterocycles. The first-order valence-corrected chi connectivity index (χ1v) is 7.52. The van der Waals surface area contributed by atoms with Gasteiger partial charge in [0.2, 0.25) is 0 Å². The predicted molar refractivity (Wildman–Crippen MR) is 85.8 cm³/mol.